The van der Waals surface area contributed by atoms with E-state index in [2.05, 4.69) is 0 Å². The molecule has 4 rings (SSSR count). The summed E-state index contributed by atoms with van der Waals surface area (Å²) in [6.07, 6.45) is 3.45. The first-order chi connectivity index (χ1) is 10.8. The molecule has 0 saturated heterocycles. The van der Waals surface area contributed by atoms with E-state index < -0.39 is 0 Å². The first-order valence-corrected chi connectivity index (χ1v) is 8.12. The summed E-state index contributed by atoms with van der Waals surface area (Å²) in [5.41, 5.74) is 2.98. The van der Waals surface area contributed by atoms with Crippen molar-refractivity contribution in [1.29, 1.82) is 0 Å². The number of aryl methyl sites for hydroxylation is 2. The third-order valence-electron chi connectivity index (χ3n) is 4.01. The van der Waals surface area contributed by atoms with Crippen LogP contribution >= 0.6 is 11.3 Å². The minimum absolute atomic E-state index is 0.792. The van der Waals surface area contributed by atoms with Crippen molar-refractivity contribution in [2.75, 3.05) is 14.2 Å². The Bertz CT molecular complexity index is 836. The lowest BCUT2D eigenvalue weighted by molar-refractivity contribution is 0.414. The predicted octanol–water partition coefficient (Wildman–Crippen LogP) is 3.86. The lowest BCUT2D eigenvalue weighted by Crippen LogP contribution is -1.92. The fraction of sp³-hybridized carbons (Fsp3) is 0.294. The molecule has 5 heteroatoms. The summed E-state index contributed by atoms with van der Waals surface area (Å²) in [6, 6.07) is 7.81. The highest BCUT2D eigenvalue weighted by Gasteiger charge is 2.19. The van der Waals surface area contributed by atoms with E-state index in [1.54, 1.807) is 25.6 Å². The number of rotatable bonds is 3. The van der Waals surface area contributed by atoms with Crippen LogP contribution in [-0.2, 0) is 12.8 Å². The number of hydrogen-bond acceptors (Lipinski definition) is 5. The summed E-state index contributed by atoms with van der Waals surface area (Å²) in [5.74, 6) is 1.61. The Hall–Kier alpha value is -2.14. The first kappa shape index (κ1) is 13.5. The molecule has 1 aliphatic rings. The second-order valence-electron chi connectivity index (χ2n) is 5.34. The van der Waals surface area contributed by atoms with E-state index in [0.717, 1.165) is 45.9 Å². The summed E-state index contributed by atoms with van der Waals surface area (Å²) in [6.45, 7) is 0. The molecule has 3 aromatic rings. The van der Waals surface area contributed by atoms with Gasteiger partial charge in [-0.25, -0.2) is 9.97 Å². The topological polar surface area (TPSA) is 44.2 Å². The minimum atomic E-state index is 0.792. The zero-order chi connectivity index (χ0) is 15.1. The van der Waals surface area contributed by atoms with Crippen molar-refractivity contribution in [3.05, 3.63) is 34.8 Å². The van der Waals surface area contributed by atoms with Gasteiger partial charge in [0.1, 0.15) is 22.2 Å². The second-order valence-corrected chi connectivity index (χ2v) is 6.42. The Balaban J connectivity index is 1.89. The SMILES string of the molecule is COc1ccc2c(OC)cc(-c3nc4c(s3)CCC4)nc2c1. The van der Waals surface area contributed by atoms with Crippen molar-refractivity contribution >= 4 is 22.2 Å². The number of ether oxygens (including phenoxy) is 2. The average molecular weight is 312 g/mol. The van der Waals surface area contributed by atoms with E-state index in [0.29, 0.717) is 0 Å². The van der Waals surface area contributed by atoms with Crippen molar-refractivity contribution in [3.8, 4) is 22.2 Å². The highest BCUT2D eigenvalue weighted by Crippen LogP contribution is 2.36. The maximum absolute atomic E-state index is 5.54. The van der Waals surface area contributed by atoms with Crippen LogP contribution in [0.3, 0.4) is 0 Å². The molecule has 0 bridgehead atoms. The fourth-order valence-electron chi connectivity index (χ4n) is 2.88. The first-order valence-electron chi connectivity index (χ1n) is 7.30. The number of nitrogens with zero attached hydrogens (tertiary/aromatic N) is 2. The van der Waals surface area contributed by atoms with Gasteiger partial charge in [-0.15, -0.1) is 11.3 Å². The van der Waals surface area contributed by atoms with Gasteiger partial charge in [0.2, 0.25) is 0 Å². The molecule has 0 radical (unpaired) electrons. The molecule has 2 heterocycles. The molecule has 2 aromatic heterocycles. The molecule has 0 aliphatic heterocycles. The van der Waals surface area contributed by atoms with Gasteiger partial charge in [0.05, 0.1) is 25.4 Å². The Morgan fingerprint density at radius 1 is 1.05 bits per heavy atom. The largest absolute Gasteiger partial charge is 0.497 e. The van der Waals surface area contributed by atoms with Crippen LogP contribution < -0.4 is 9.47 Å². The lowest BCUT2D eigenvalue weighted by Gasteiger charge is -2.08. The lowest BCUT2D eigenvalue weighted by atomic mass is 10.1. The molecule has 112 valence electrons. The number of fused-ring (bicyclic) bond motifs is 2. The van der Waals surface area contributed by atoms with E-state index in [-0.39, 0.29) is 0 Å². The molecule has 0 atom stereocenters. The number of thiazole rings is 1. The third-order valence-corrected chi connectivity index (χ3v) is 5.19. The second kappa shape index (κ2) is 5.25. The number of hydrogen-bond donors (Lipinski definition) is 0. The predicted molar refractivity (Wildman–Crippen MR) is 88.0 cm³/mol. The molecule has 0 N–H and O–H groups in total. The molecular formula is C17H16N2O2S. The Kier molecular flexibility index (Phi) is 3.22. The van der Waals surface area contributed by atoms with Crippen molar-refractivity contribution < 1.29 is 9.47 Å². The van der Waals surface area contributed by atoms with Gasteiger partial charge in [0.25, 0.3) is 0 Å². The Labute approximate surface area is 132 Å². The smallest absolute Gasteiger partial charge is 0.142 e. The van der Waals surface area contributed by atoms with Crippen molar-refractivity contribution in [1.82, 2.24) is 9.97 Å². The number of aromatic nitrogens is 2. The molecule has 0 fully saturated rings. The summed E-state index contributed by atoms with van der Waals surface area (Å²) in [5, 5.41) is 1.96. The van der Waals surface area contributed by atoms with Gasteiger partial charge in [-0.2, -0.15) is 0 Å². The van der Waals surface area contributed by atoms with Crippen LogP contribution in [0.1, 0.15) is 17.0 Å². The van der Waals surface area contributed by atoms with Crippen molar-refractivity contribution in [2.24, 2.45) is 0 Å². The molecule has 22 heavy (non-hydrogen) atoms. The van der Waals surface area contributed by atoms with E-state index >= 15 is 0 Å². The molecule has 4 nitrogen and oxygen atoms in total. The van der Waals surface area contributed by atoms with Crippen LogP contribution in [0.5, 0.6) is 11.5 Å². The normalized spacial score (nSPS) is 13.4. The summed E-state index contributed by atoms with van der Waals surface area (Å²) in [7, 11) is 3.35. The van der Waals surface area contributed by atoms with Gasteiger partial charge >= 0.3 is 0 Å². The molecule has 0 saturated carbocycles. The van der Waals surface area contributed by atoms with Gasteiger partial charge in [-0.05, 0) is 31.4 Å². The highest BCUT2D eigenvalue weighted by molar-refractivity contribution is 7.15. The summed E-state index contributed by atoms with van der Waals surface area (Å²) < 4.78 is 10.8. The third kappa shape index (κ3) is 2.13. The van der Waals surface area contributed by atoms with Crippen LogP contribution in [0.25, 0.3) is 21.6 Å². The number of methoxy groups -OCH3 is 2. The van der Waals surface area contributed by atoms with Crippen LogP contribution in [0.4, 0.5) is 0 Å². The highest BCUT2D eigenvalue weighted by atomic mass is 32.1. The van der Waals surface area contributed by atoms with E-state index in [1.807, 2.05) is 24.3 Å². The van der Waals surface area contributed by atoms with Gasteiger partial charge in [0, 0.05) is 22.4 Å². The van der Waals surface area contributed by atoms with Gasteiger partial charge in [0.15, 0.2) is 0 Å². The standard InChI is InChI=1S/C17H16N2O2S/c1-20-10-6-7-11-13(8-10)18-14(9-15(11)21-2)17-19-12-4-3-5-16(12)22-17/h6-9H,3-5H2,1-2H3. The van der Waals surface area contributed by atoms with E-state index in [1.165, 1.54) is 17.0 Å². The Morgan fingerprint density at radius 2 is 1.95 bits per heavy atom. The molecular weight excluding hydrogens is 296 g/mol. The fourth-order valence-corrected chi connectivity index (χ4v) is 3.99. The van der Waals surface area contributed by atoms with Crippen molar-refractivity contribution in [2.45, 2.75) is 19.3 Å². The Morgan fingerprint density at radius 3 is 2.73 bits per heavy atom. The summed E-state index contributed by atoms with van der Waals surface area (Å²) >= 11 is 1.75. The van der Waals surface area contributed by atoms with Crippen LogP contribution in [0.2, 0.25) is 0 Å². The maximum Gasteiger partial charge on any atom is 0.142 e. The molecule has 0 unspecified atom stereocenters. The quantitative estimate of drug-likeness (QED) is 0.736. The van der Waals surface area contributed by atoms with Crippen molar-refractivity contribution in [3.63, 3.8) is 0 Å². The van der Waals surface area contributed by atoms with Crippen LogP contribution in [-0.4, -0.2) is 24.2 Å². The minimum Gasteiger partial charge on any atom is -0.497 e. The van der Waals surface area contributed by atoms with E-state index in [4.69, 9.17) is 19.4 Å². The van der Waals surface area contributed by atoms with Gasteiger partial charge in [-0.1, -0.05) is 0 Å². The monoisotopic (exact) mass is 312 g/mol. The molecule has 1 aliphatic carbocycles. The zero-order valence-corrected chi connectivity index (χ0v) is 13.4. The zero-order valence-electron chi connectivity index (χ0n) is 12.5. The van der Waals surface area contributed by atoms with Gasteiger partial charge < -0.3 is 9.47 Å². The average Bonchev–Trinajstić information content (AvgIpc) is 3.14. The van der Waals surface area contributed by atoms with Crippen LogP contribution in [0, 0.1) is 0 Å². The number of pyridine rings is 1. The molecule has 0 spiro atoms. The van der Waals surface area contributed by atoms with Gasteiger partial charge in [-0.3, -0.25) is 0 Å². The number of benzene rings is 1. The summed E-state index contributed by atoms with van der Waals surface area (Å²) in [4.78, 5) is 10.9. The maximum atomic E-state index is 5.54. The molecule has 1 aromatic carbocycles. The van der Waals surface area contributed by atoms with Crippen LogP contribution in [0.15, 0.2) is 24.3 Å². The molecule has 0 amide bonds. The van der Waals surface area contributed by atoms with E-state index in [9.17, 15) is 0 Å².